The highest BCUT2D eigenvalue weighted by molar-refractivity contribution is 6.64. The van der Waals surface area contributed by atoms with Crippen LogP contribution >= 0.6 is 0 Å². The molecule has 0 aromatic heterocycles. The molecule has 0 saturated carbocycles. The first-order valence-corrected chi connectivity index (χ1v) is 14.3. The Morgan fingerprint density at radius 2 is 1.46 bits per heavy atom. The van der Waals surface area contributed by atoms with Gasteiger partial charge in [0.15, 0.2) is 6.10 Å². The van der Waals surface area contributed by atoms with E-state index in [0.29, 0.717) is 11.3 Å². The number of benzene rings is 3. The Balaban J connectivity index is 1.92. The minimum Gasteiger partial charge on any atom is -0.459 e. The molecular weight excluding hydrogens is 513 g/mol. The van der Waals surface area contributed by atoms with Crippen molar-refractivity contribution >= 4 is 24.2 Å². The number of carbonyl (C=O) groups excluding carboxylic acids is 1. The van der Waals surface area contributed by atoms with Gasteiger partial charge in [-0.15, -0.1) is 0 Å². The molecule has 0 bridgehead atoms. The quantitative estimate of drug-likeness (QED) is 0.197. The van der Waals surface area contributed by atoms with E-state index in [4.69, 9.17) is 24.5 Å². The molecule has 0 unspecified atom stereocenters. The fourth-order valence-electron chi connectivity index (χ4n) is 5.14. The summed E-state index contributed by atoms with van der Waals surface area (Å²) in [6.45, 7) is 20.0. The van der Waals surface area contributed by atoms with Gasteiger partial charge in [0.05, 0.1) is 16.8 Å². The van der Waals surface area contributed by atoms with Crippen molar-refractivity contribution in [1.29, 1.82) is 0 Å². The van der Waals surface area contributed by atoms with Crippen LogP contribution in [0, 0.1) is 20.8 Å². The average molecular weight is 558 g/mol. The zero-order valence-electron chi connectivity index (χ0n) is 26.2. The molecule has 3 aromatic carbocycles. The second-order valence-electron chi connectivity index (χ2n) is 13.0. The minimum absolute atomic E-state index is 0.142. The lowest BCUT2D eigenvalue weighted by Crippen LogP contribution is -2.41. The number of anilines is 1. The summed E-state index contributed by atoms with van der Waals surface area (Å²) in [6.07, 6.45) is -1.01. The monoisotopic (exact) mass is 557 g/mol. The summed E-state index contributed by atoms with van der Waals surface area (Å²) in [7, 11) is -0.663. The van der Waals surface area contributed by atoms with Crippen molar-refractivity contribution in [2.24, 2.45) is 0 Å². The van der Waals surface area contributed by atoms with Gasteiger partial charge in [-0.2, -0.15) is 0 Å². The van der Waals surface area contributed by atoms with Crippen molar-refractivity contribution in [2.75, 3.05) is 5.73 Å². The number of rotatable bonds is 7. The summed E-state index contributed by atoms with van der Waals surface area (Å²) < 4.78 is 25.3. The Morgan fingerprint density at radius 3 is 2.00 bits per heavy atom. The van der Waals surface area contributed by atoms with Crippen LogP contribution in [0.25, 0.3) is 11.1 Å². The molecule has 2 N–H and O–H groups in total. The van der Waals surface area contributed by atoms with Crippen LogP contribution in [0.3, 0.4) is 0 Å². The molecule has 7 heteroatoms. The molecule has 1 atom stereocenters. The maximum atomic E-state index is 13.9. The standard InChI is InChI=1S/C34H44BNO5/c1-21-16-18-25(19-17-21)26-22(2)28(35-40-33(7,8)34(9,10)41-35)29(36)23(3)27(26)30(39-32(4,5)6)31(37)38-20-24-14-12-11-13-15-24/h11-19,30H,20,36H2,1-10H3/t30-/m0/s1. The molecule has 1 aliphatic heterocycles. The minimum atomic E-state index is -1.01. The topological polar surface area (TPSA) is 80.0 Å². The highest BCUT2D eigenvalue weighted by Gasteiger charge is 2.53. The highest BCUT2D eigenvalue weighted by atomic mass is 16.7. The number of ether oxygens (including phenoxy) is 2. The van der Waals surface area contributed by atoms with Crippen LogP contribution in [-0.4, -0.2) is 29.9 Å². The Hall–Kier alpha value is -3.13. The lowest BCUT2D eigenvalue weighted by Gasteiger charge is -2.32. The summed E-state index contributed by atoms with van der Waals surface area (Å²) in [4.78, 5) is 13.9. The van der Waals surface area contributed by atoms with Crippen LogP contribution in [-0.2, 0) is 30.2 Å². The average Bonchev–Trinajstić information content (AvgIpc) is 3.10. The predicted molar refractivity (Wildman–Crippen MR) is 166 cm³/mol. The smallest absolute Gasteiger partial charge is 0.459 e. The van der Waals surface area contributed by atoms with Crippen molar-refractivity contribution in [2.45, 2.75) is 98.8 Å². The molecule has 1 heterocycles. The molecule has 41 heavy (non-hydrogen) atoms. The maximum Gasteiger partial charge on any atom is 0.497 e. The Morgan fingerprint density at radius 1 is 0.902 bits per heavy atom. The molecule has 0 amide bonds. The van der Waals surface area contributed by atoms with Gasteiger partial charge in [0.25, 0.3) is 0 Å². The van der Waals surface area contributed by atoms with Crippen LogP contribution in [0.2, 0.25) is 0 Å². The normalized spacial score (nSPS) is 17.0. The first-order chi connectivity index (χ1) is 19.0. The SMILES string of the molecule is Cc1ccc(-c2c(C)c(B3OC(C)(C)C(C)(C)O3)c(N)c(C)c2[C@H](OC(C)(C)C)C(=O)OCc2ccccc2)cc1. The fourth-order valence-corrected chi connectivity index (χ4v) is 5.14. The largest absolute Gasteiger partial charge is 0.497 e. The second kappa shape index (κ2) is 11.3. The number of esters is 1. The molecule has 218 valence electrons. The highest BCUT2D eigenvalue weighted by Crippen LogP contribution is 2.42. The Bertz CT molecular complexity index is 1390. The second-order valence-corrected chi connectivity index (χ2v) is 13.0. The third-order valence-electron chi connectivity index (χ3n) is 8.15. The van der Waals surface area contributed by atoms with Gasteiger partial charge in [0.1, 0.15) is 6.61 Å². The first kappa shape index (κ1) is 30.8. The Labute approximate surface area is 245 Å². The number of hydrogen-bond acceptors (Lipinski definition) is 6. The number of carbonyl (C=O) groups is 1. The Kier molecular flexibility index (Phi) is 8.48. The van der Waals surface area contributed by atoms with Crippen molar-refractivity contribution in [3.8, 4) is 11.1 Å². The predicted octanol–water partition coefficient (Wildman–Crippen LogP) is 6.76. The molecule has 4 rings (SSSR count). The molecule has 3 aromatic rings. The van der Waals surface area contributed by atoms with E-state index in [1.54, 1.807) is 0 Å². The van der Waals surface area contributed by atoms with E-state index in [-0.39, 0.29) is 6.61 Å². The zero-order chi connectivity index (χ0) is 30.3. The van der Waals surface area contributed by atoms with Crippen LogP contribution in [0.1, 0.15) is 82.4 Å². The first-order valence-electron chi connectivity index (χ1n) is 14.3. The van der Waals surface area contributed by atoms with E-state index >= 15 is 0 Å². The van der Waals surface area contributed by atoms with Crippen LogP contribution in [0.15, 0.2) is 54.6 Å². The fraction of sp³-hybridized carbons (Fsp3) is 0.441. The van der Waals surface area contributed by atoms with Gasteiger partial charge in [-0.25, -0.2) is 4.79 Å². The summed E-state index contributed by atoms with van der Waals surface area (Å²) in [5, 5.41) is 0. The molecule has 0 radical (unpaired) electrons. The van der Waals surface area contributed by atoms with Gasteiger partial charge in [-0.3, -0.25) is 0 Å². The lowest BCUT2D eigenvalue weighted by atomic mass is 9.70. The van der Waals surface area contributed by atoms with Gasteiger partial charge >= 0.3 is 13.1 Å². The number of nitrogen functional groups attached to an aromatic ring is 1. The lowest BCUT2D eigenvalue weighted by molar-refractivity contribution is -0.168. The summed E-state index contributed by atoms with van der Waals surface area (Å²) in [6, 6.07) is 17.9. The number of hydrogen-bond donors (Lipinski definition) is 1. The molecule has 1 fully saturated rings. The zero-order valence-corrected chi connectivity index (χ0v) is 26.2. The van der Waals surface area contributed by atoms with Gasteiger partial charge < -0.3 is 24.5 Å². The van der Waals surface area contributed by atoms with E-state index in [9.17, 15) is 4.79 Å². The molecule has 1 saturated heterocycles. The van der Waals surface area contributed by atoms with Crippen LogP contribution < -0.4 is 11.2 Å². The van der Waals surface area contributed by atoms with Gasteiger partial charge in [0, 0.05) is 16.7 Å². The van der Waals surface area contributed by atoms with Crippen molar-refractivity contribution in [1.82, 2.24) is 0 Å². The van der Waals surface area contributed by atoms with Crippen molar-refractivity contribution in [3.63, 3.8) is 0 Å². The van der Waals surface area contributed by atoms with Gasteiger partial charge in [-0.05, 0) is 97.1 Å². The van der Waals surface area contributed by atoms with Crippen molar-refractivity contribution in [3.05, 3.63) is 82.4 Å². The van der Waals surface area contributed by atoms with Gasteiger partial charge in [-0.1, -0.05) is 60.2 Å². The van der Waals surface area contributed by atoms with E-state index in [1.165, 1.54) is 0 Å². The molecule has 1 aliphatic rings. The number of nitrogens with two attached hydrogens (primary N) is 1. The summed E-state index contributed by atoms with van der Waals surface area (Å²) >= 11 is 0. The maximum absolute atomic E-state index is 13.9. The van der Waals surface area contributed by atoms with Gasteiger partial charge in [0.2, 0.25) is 0 Å². The van der Waals surface area contributed by atoms with E-state index in [1.807, 2.05) is 99.6 Å². The van der Waals surface area contributed by atoms with Crippen LogP contribution in [0.4, 0.5) is 5.69 Å². The van der Waals surface area contributed by atoms with Crippen molar-refractivity contribution < 1.29 is 23.6 Å². The summed E-state index contributed by atoms with van der Waals surface area (Å²) in [5.74, 6) is -0.470. The summed E-state index contributed by atoms with van der Waals surface area (Å²) in [5.41, 5.74) is 12.7. The third-order valence-corrected chi connectivity index (χ3v) is 8.15. The van der Waals surface area contributed by atoms with E-state index in [0.717, 1.165) is 38.8 Å². The third kappa shape index (κ3) is 6.38. The molecule has 0 spiro atoms. The molecular formula is C34H44BNO5. The van der Waals surface area contributed by atoms with E-state index < -0.39 is 36.0 Å². The number of aryl methyl sites for hydroxylation is 1. The molecule has 0 aliphatic carbocycles. The molecule has 6 nitrogen and oxygen atoms in total. The van der Waals surface area contributed by atoms with Crippen LogP contribution in [0.5, 0.6) is 0 Å². The van der Waals surface area contributed by atoms with E-state index in [2.05, 4.69) is 24.3 Å².